The van der Waals surface area contributed by atoms with Crippen molar-refractivity contribution < 1.29 is 9.59 Å². The number of benzene rings is 2. The lowest BCUT2D eigenvalue weighted by Crippen LogP contribution is -2.21. The minimum absolute atomic E-state index is 0.0644. The summed E-state index contributed by atoms with van der Waals surface area (Å²) >= 11 is 1.45. The number of hydrogen-bond acceptors (Lipinski definition) is 4. The van der Waals surface area contributed by atoms with E-state index in [0.717, 1.165) is 35.6 Å². The molecule has 0 saturated carbocycles. The second-order valence-corrected chi connectivity index (χ2v) is 8.30. The van der Waals surface area contributed by atoms with E-state index in [2.05, 4.69) is 22.9 Å². The van der Waals surface area contributed by atoms with Crippen molar-refractivity contribution in [3.8, 4) is 0 Å². The number of carbonyl (C=O) groups is 2. The molecule has 0 unspecified atom stereocenters. The first kappa shape index (κ1) is 21.9. The van der Waals surface area contributed by atoms with Crippen molar-refractivity contribution in [2.45, 2.75) is 37.9 Å². The summed E-state index contributed by atoms with van der Waals surface area (Å²) in [4.78, 5) is 30.7. The smallest absolute Gasteiger partial charge is 0.253 e. The highest BCUT2D eigenvalue weighted by atomic mass is 32.2. The third kappa shape index (κ3) is 5.42. The van der Waals surface area contributed by atoms with E-state index >= 15 is 0 Å². The summed E-state index contributed by atoms with van der Waals surface area (Å²) in [5.74, 6) is 0.111. The molecule has 3 aromatic rings. The van der Waals surface area contributed by atoms with Gasteiger partial charge < -0.3 is 14.8 Å². The lowest BCUT2D eigenvalue weighted by molar-refractivity contribution is -0.113. The lowest BCUT2D eigenvalue weighted by Gasteiger charge is -2.11. The summed E-state index contributed by atoms with van der Waals surface area (Å²) < 4.78 is 2.21. The number of rotatable bonds is 9. The number of imidazole rings is 1. The molecule has 0 fully saturated rings. The Morgan fingerprint density at radius 2 is 1.80 bits per heavy atom. The minimum Gasteiger partial charge on any atom is -0.345 e. The molecule has 0 spiro atoms. The van der Waals surface area contributed by atoms with Crippen LogP contribution in [0.1, 0.15) is 36.5 Å². The summed E-state index contributed by atoms with van der Waals surface area (Å²) in [6.07, 6.45) is 3.43. The van der Waals surface area contributed by atoms with Crippen LogP contribution in [-0.2, 0) is 11.3 Å². The average Bonchev–Trinajstić information content (AvgIpc) is 3.10. The van der Waals surface area contributed by atoms with Crippen molar-refractivity contribution >= 4 is 40.3 Å². The third-order valence-corrected chi connectivity index (χ3v) is 5.74. The number of aryl methyl sites for hydroxylation is 1. The number of carbonyl (C=O) groups excluding carboxylic acids is 2. The Morgan fingerprint density at radius 3 is 2.50 bits per heavy atom. The SMILES string of the molecule is CCCCCn1c(SCC(=O)Nc2ccc(C(=O)N(C)C)cc2)nc2ccccc21. The first-order chi connectivity index (χ1) is 14.5. The average molecular weight is 425 g/mol. The molecule has 30 heavy (non-hydrogen) atoms. The molecule has 7 heteroatoms. The Bertz CT molecular complexity index is 1010. The maximum Gasteiger partial charge on any atom is 0.253 e. The van der Waals surface area contributed by atoms with Crippen molar-refractivity contribution in [3.05, 3.63) is 54.1 Å². The molecule has 1 heterocycles. The summed E-state index contributed by atoms with van der Waals surface area (Å²) in [5, 5.41) is 3.76. The van der Waals surface area contributed by atoms with E-state index in [1.165, 1.54) is 23.1 Å². The van der Waals surface area contributed by atoms with Crippen LogP contribution in [0.2, 0.25) is 0 Å². The topological polar surface area (TPSA) is 67.2 Å². The van der Waals surface area contributed by atoms with Gasteiger partial charge in [0.05, 0.1) is 16.8 Å². The lowest BCUT2D eigenvalue weighted by atomic mass is 10.2. The van der Waals surface area contributed by atoms with E-state index in [0.29, 0.717) is 11.3 Å². The van der Waals surface area contributed by atoms with Gasteiger partial charge in [-0.15, -0.1) is 0 Å². The van der Waals surface area contributed by atoms with E-state index in [-0.39, 0.29) is 17.6 Å². The van der Waals surface area contributed by atoms with Gasteiger partial charge in [0.25, 0.3) is 5.91 Å². The maximum atomic E-state index is 12.5. The van der Waals surface area contributed by atoms with E-state index in [4.69, 9.17) is 4.98 Å². The molecule has 158 valence electrons. The molecule has 1 aromatic heterocycles. The molecular formula is C23H28N4O2S. The molecule has 0 aliphatic carbocycles. The molecule has 0 saturated heterocycles. The van der Waals surface area contributed by atoms with E-state index in [9.17, 15) is 9.59 Å². The Balaban J connectivity index is 1.63. The van der Waals surface area contributed by atoms with Crippen molar-refractivity contribution in [2.24, 2.45) is 0 Å². The standard InChI is InChI=1S/C23H28N4O2S/c1-4-5-8-15-27-20-10-7-6-9-19(20)25-23(27)30-16-21(28)24-18-13-11-17(12-14-18)22(29)26(2)3/h6-7,9-14H,4-5,8,15-16H2,1-3H3,(H,24,28). The van der Waals surface area contributed by atoms with Crippen LogP contribution in [-0.4, -0.2) is 46.1 Å². The summed E-state index contributed by atoms with van der Waals surface area (Å²) in [6.45, 7) is 3.09. The van der Waals surface area contributed by atoms with Gasteiger partial charge in [0, 0.05) is 31.9 Å². The van der Waals surface area contributed by atoms with Crippen LogP contribution >= 0.6 is 11.8 Å². The molecule has 2 aromatic carbocycles. The van der Waals surface area contributed by atoms with E-state index in [1.54, 1.807) is 38.4 Å². The Morgan fingerprint density at radius 1 is 1.07 bits per heavy atom. The number of para-hydroxylation sites is 2. The summed E-state index contributed by atoms with van der Waals surface area (Å²) in [7, 11) is 3.43. The number of amides is 2. The predicted molar refractivity (Wildman–Crippen MR) is 123 cm³/mol. The van der Waals surface area contributed by atoms with Gasteiger partial charge in [-0.2, -0.15) is 0 Å². The second-order valence-electron chi connectivity index (χ2n) is 7.36. The Hall–Kier alpha value is -2.80. The summed E-state index contributed by atoms with van der Waals surface area (Å²) in [5.41, 5.74) is 3.33. The highest BCUT2D eigenvalue weighted by Gasteiger charge is 2.13. The van der Waals surface area contributed by atoms with Gasteiger partial charge in [-0.1, -0.05) is 43.7 Å². The van der Waals surface area contributed by atoms with Crippen molar-refractivity contribution in [3.63, 3.8) is 0 Å². The molecule has 2 amide bonds. The largest absolute Gasteiger partial charge is 0.345 e. The van der Waals surface area contributed by atoms with E-state index < -0.39 is 0 Å². The Kier molecular flexibility index (Phi) is 7.52. The third-order valence-electron chi connectivity index (χ3n) is 4.76. The molecule has 1 N–H and O–H groups in total. The van der Waals surface area contributed by atoms with Crippen LogP contribution in [0.4, 0.5) is 5.69 Å². The first-order valence-electron chi connectivity index (χ1n) is 10.2. The normalized spacial score (nSPS) is 10.9. The van der Waals surface area contributed by atoms with Gasteiger partial charge >= 0.3 is 0 Å². The molecule has 0 atom stereocenters. The maximum absolute atomic E-state index is 12.5. The molecular weight excluding hydrogens is 396 g/mol. The summed E-state index contributed by atoms with van der Waals surface area (Å²) in [6, 6.07) is 15.0. The fraction of sp³-hybridized carbons (Fsp3) is 0.348. The van der Waals surface area contributed by atoms with Crippen LogP contribution < -0.4 is 5.32 Å². The fourth-order valence-electron chi connectivity index (χ4n) is 3.18. The van der Waals surface area contributed by atoms with Crippen LogP contribution in [0.25, 0.3) is 11.0 Å². The number of nitrogens with one attached hydrogen (secondary N) is 1. The van der Waals surface area contributed by atoms with Crippen LogP contribution in [0, 0.1) is 0 Å². The molecule has 0 aliphatic heterocycles. The number of aromatic nitrogens is 2. The second kappa shape index (κ2) is 10.3. The molecule has 0 radical (unpaired) electrons. The fourth-order valence-corrected chi connectivity index (χ4v) is 4.02. The van der Waals surface area contributed by atoms with Crippen LogP contribution in [0.3, 0.4) is 0 Å². The number of anilines is 1. The first-order valence-corrected chi connectivity index (χ1v) is 11.2. The minimum atomic E-state index is -0.0983. The number of fused-ring (bicyclic) bond motifs is 1. The van der Waals surface area contributed by atoms with Gasteiger partial charge in [0.15, 0.2) is 5.16 Å². The molecule has 3 rings (SSSR count). The number of hydrogen-bond donors (Lipinski definition) is 1. The monoisotopic (exact) mass is 424 g/mol. The van der Waals surface area contributed by atoms with Gasteiger partial charge in [-0.05, 0) is 42.8 Å². The van der Waals surface area contributed by atoms with Gasteiger partial charge in [0.1, 0.15) is 0 Å². The van der Waals surface area contributed by atoms with Gasteiger partial charge in [-0.3, -0.25) is 9.59 Å². The highest BCUT2D eigenvalue weighted by Crippen LogP contribution is 2.25. The van der Waals surface area contributed by atoms with Gasteiger partial charge in [0.2, 0.25) is 5.91 Å². The van der Waals surface area contributed by atoms with Crippen LogP contribution in [0.5, 0.6) is 0 Å². The zero-order chi connectivity index (χ0) is 21.5. The van der Waals surface area contributed by atoms with Crippen molar-refractivity contribution in [2.75, 3.05) is 25.2 Å². The van der Waals surface area contributed by atoms with Crippen molar-refractivity contribution in [1.82, 2.24) is 14.5 Å². The number of thioether (sulfide) groups is 1. The predicted octanol–water partition coefficient (Wildman–Crippen LogP) is 4.66. The number of unbranched alkanes of at least 4 members (excludes halogenated alkanes) is 2. The van der Waals surface area contributed by atoms with Crippen molar-refractivity contribution in [1.29, 1.82) is 0 Å². The van der Waals surface area contributed by atoms with Gasteiger partial charge in [-0.25, -0.2) is 4.98 Å². The molecule has 0 aliphatic rings. The highest BCUT2D eigenvalue weighted by molar-refractivity contribution is 7.99. The van der Waals surface area contributed by atoms with E-state index in [1.807, 2.05) is 18.2 Å². The molecule has 6 nitrogen and oxygen atoms in total. The Labute approximate surface area is 181 Å². The zero-order valence-corrected chi connectivity index (χ0v) is 18.5. The quantitative estimate of drug-likeness (QED) is 0.401. The molecule has 0 bridgehead atoms. The zero-order valence-electron chi connectivity index (χ0n) is 17.7. The number of nitrogens with zero attached hydrogens (tertiary/aromatic N) is 3. The van der Waals surface area contributed by atoms with Crippen LogP contribution in [0.15, 0.2) is 53.7 Å².